The summed E-state index contributed by atoms with van der Waals surface area (Å²) >= 11 is 0. The fourth-order valence-corrected chi connectivity index (χ4v) is 3.64. The fourth-order valence-electron chi connectivity index (χ4n) is 3.64. The monoisotopic (exact) mass is 352 g/mol. The van der Waals surface area contributed by atoms with Crippen LogP contribution in [0.4, 0.5) is 10.2 Å². The largest absolute Gasteiger partial charge is 0.507 e. The van der Waals surface area contributed by atoms with Gasteiger partial charge in [-0.2, -0.15) is 0 Å². The van der Waals surface area contributed by atoms with Crippen LogP contribution in [-0.4, -0.2) is 39.5 Å². The summed E-state index contributed by atoms with van der Waals surface area (Å²) in [5.74, 6) is 0.757. The molecule has 0 radical (unpaired) electrons. The summed E-state index contributed by atoms with van der Waals surface area (Å²) in [5.41, 5.74) is 1.91. The van der Waals surface area contributed by atoms with E-state index in [1.165, 1.54) is 0 Å². The van der Waals surface area contributed by atoms with E-state index in [0.717, 1.165) is 30.2 Å². The first-order valence-electron chi connectivity index (χ1n) is 8.92. The quantitative estimate of drug-likeness (QED) is 0.768. The van der Waals surface area contributed by atoms with E-state index in [0.29, 0.717) is 23.5 Å². The first-order chi connectivity index (χ1) is 12.6. The number of phenolic OH excluding ortho intramolecular Hbond substituents is 1. The number of phenols is 1. The van der Waals surface area contributed by atoms with E-state index < -0.39 is 6.17 Å². The Morgan fingerprint density at radius 3 is 2.73 bits per heavy atom. The first kappa shape index (κ1) is 16.7. The Hall–Kier alpha value is -2.76. The Morgan fingerprint density at radius 2 is 1.96 bits per heavy atom. The van der Waals surface area contributed by atoms with Crippen LogP contribution >= 0.6 is 0 Å². The molecule has 0 saturated heterocycles. The zero-order chi connectivity index (χ0) is 18.1. The summed E-state index contributed by atoms with van der Waals surface area (Å²) in [6, 6.07) is 10.8. The van der Waals surface area contributed by atoms with E-state index in [2.05, 4.69) is 15.2 Å². The topological polar surface area (TPSA) is 62.1 Å². The lowest BCUT2D eigenvalue weighted by molar-refractivity contribution is 0.213. The molecule has 0 unspecified atom stereocenters. The van der Waals surface area contributed by atoms with Crippen molar-refractivity contribution in [2.45, 2.75) is 37.9 Å². The van der Waals surface area contributed by atoms with Gasteiger partial charge in [0.1, 0.15) is 11.9 Å². The minimum atomic E-state index is -0.827. The molecule has 134 valence electrons. The minimum absolute atomic E-state index is 0.114. The van der Waals surface area contributed by atoms with Crippen LogP contribution in [0.15, 0.2) is 42.6 Å². The third-order valence-electron chi connectivity index (χ3n) is 5.15. The number of halogens is 1. The predicted molar refractivity (Wildman–Crippen MR) is 100.0 cm³/mol. The van der Waals surface area contributed by atoms with Gasteiger partial charge < -0.3 is 10.0 Å². The number of nitrogens with zero attached hydrogens (tertiary/aromatic N) is 4. The van der Waals surface area contributed by atoms with E-state index >= 15 is 0 Å². The van der Waals surface area contributed by atoms with E-state index in [-0.39, 0.29) is 11.8 Å². The first-order valence-corrected chi connectivity index (χ1v) is 8.92. The molecule has 5 nitrogen and oxygen atoms in total. The van der Waals surface area contributed by atoms with Crippen LogP contribution in [0.3, 0.4) is 0 Å². The highest BCUT2D eigenvalue weighted by Crippen LogP contribution is 2.32. The number of fused-ring (bicyclic) bond motifs is 1. The summed E-state index contributed by atoms with van der Waals surface area (Å²) in [4.78, 5) is 6.11. The Kier molecular flexibility index (Phi) is 4.41. The van der Waals surface area contributed by atoms with Gasteiger partial charge in [0.05, 0.1) is 17.3 Å². The van der Waals surface area contributed by atoms with Crippen molar-refractivity contribution in [3.8, 4) is 17.0 Å². The maximum absolute atomic E-state index is 14.2. The van der Waals surface area contributed by atoms with E-state index in [1.807, 2.05) is 42.3 Å². The predicted octanol–water partition coefficient (Wildman–Crippen LogP) is 4.11. The van der Waals surface area contributed by atoms with Gasteiger partial charge in [-0.25, -0.2) is 4.39 Å². The second-order valence-corrected chi connectivity index (χ2v) is 6.82. The number of pyridine rings is 1. The van der Waals surface area contributed by atoms with E-state index in [4.69, 9.17) is 0 Å². The molecule has 1 saturated carbocycles. The molecule has 0 amide bonds. The van der Waals surface area contributed by atoms with Crippen LogP contribution in [0, 0.1) is 0 Å². The number of alkyl halides is 1. The van der Waals surface area contributed by atoms with Gasteiger partial charge in [-0.1, -0.05) is 18.9 Å². The molecule has 26 heavy (non-hydrogen) atoms. The Bertz CT molecular complexity index is 915. The van der Waals surface area contributed by atoms with Gasteiger partial charge in [0.25, 0.3) is 0 Å². The number of aromatic hydroxyl groups is 1. The SMILES string of the molecule is CN(c1ccc(-c2cc3cccnc3cc2O)nn1)[C@H]1CCCC[C@H]1F. The molecule has 0 bridgehead atoms. The summed E-state index contributed by atoms with van der Waals surface area (Å²) in [5, 5.41) is 19.8. The fraction of sp³-hybridized carbons (Fsp3) is 0.350. The van der Waals surface area contributed by atoms with Crippen LogP contribution in [0.2, 0.25) is 0 Å². The molecule has 1 aliphatic carbocycles. The number of hydrogen-bond acceptors (Lipinski definition) is 5. The Morgan fingerprint density at radius 1 is 1.12 bits per heavy atom. The number of rotatable bonds is 3. The molecule has 1 N–H and O–H groups in total. The highest BCUT2D eigenvalue weighted by atomic mass is 19.1. The molecule has 1 aliphatic rings. The molecule has 2 atom stereocenters. The minimum Gasteiger partial charge on any atom is -0.507 e. The highest BCUT2D eigenvalue weighted by Gasteiger charge is 2.29. The molecule has 2 aromatic heterocycles. The molecular formula is C20H21FN4O. The van der Waals surface area contributed by atoms with Crippen molar-refractivity contribution in [2.75, 3.05) is 11.9 Å². The third kappa shape index (κ3) is 3.07. The summed E-state index contributed by atoms with van der Waals surface area (Å²) in [6.07, 6.45) is 4.30. The molecule has 1 aromatic carbocycles. The average Bonchev–Trinajstić information content (AvgIpc) is 2.67. The van der Waals surface area contributed by atoms with Crippen molar-refractivity contribution in [2.24, 2.45) is 0 Å². The molecule has 2 heterocycles. The molecule has 0 aliphatic heterocycles. The van der Waals surface area contributed by atoms with Gasteiger partial charge >= 0.3 is 0 Å². The van der Waals surface area contributed by atoms with Crippen LogP contribution in [0.5, 0.6) is 5.75 Å². The Balaban J connectivity index is 1.62. The second kappa shape index (κ2) is 6.86. The zero-order valence-electron chi connectivity index (χ0n) is 14.6. The molecule has 1 fully saturated rings. The summed E-state index contributed by atoms with van der Waals surface area (Å²) in [7, 11) is 1.87. The molecular weight excluding hydrogens is 331 g/mol. The highest BCUT2D eigenvalue weighted by molar-refractivity contribution is 5.87. The van der Waals surface area contributed by atoms with Gasteiger partial charge in [0, 0.05) is 30.3 Å². The smallest absolute Gasteiger partial charge is 0.151 e. The second-order valence-electron chi connectivity index (χ2n) is 6.82. The van der Waals surface area contributed by atoms with Crippen molar-refractivity contribution < 1.29 is 9.50 Å². The number of aromatic nitrogens is 3. The number of benzene rings is 1. The maximum Gasteiger partial charge on any atom is 0.151 e. The van der Waals surface area contributed by atoms with Gasteiger partial charge in [-0.3, -0.25) is 4.98 Å². The van der Waals surface area contributed by atoms with Gasteiger partial charge in [-0.15, -0.1) is 10.2 Å². The van der Waals surface area contributed by atoms with Crippen LogP contribution < -0.4 is 4.90 Å². The number of hydrogen-bond donors (Lipinski definition) is 1. The van der Waals surface area contributed by atoms with Gasteiger partial charge in [0.2, 0.25) is 0 Å². The van der Waals surface area contributed by atoms with Crippen molar-refractivity contribution >= 4 is 16.7 Å². The number of anilines is 1. The average molecular weight is 352 g/mol. The summed E-state index contributed by atoms with van der Waals surface area (Å²) < 4.78 is 14.2. The zero-order valence-corrected chi connectivity index (χ0v) is 14.6. The molecule has 4 rings (SSSR count). The molecule has 6 heteroatoms. The maximum atomic E-state index is 14.2. The standard InChI is InChI=1S/C20H21FN4O/c1-25(18-7-3-2-6-15(18)21)20-9-8-16(23-24-20)14-11-13-5-4-10-22-17(13)12-19(14)26/h4-5,8-12,15,18,26H,2-3,6-7H2,1H3/t15-,18+/m1/s1. The lowest BCUT2D eigenvalue weighted by Crippen LogP contribution is -2.41. The normalized spacial score (nSPS) is 20.2. The van der Waals surface area contributed by atoms with Gasteiger partial charge in [0.15, 0.2) is 5.82 Å². The summed E-state index contributed by atoms with van der Waals surface area (Å²) in [6.45, 7) is 0. The van der Waals surface area contributed by atoms with Crippen molar-refractivity contribution in [1.29, 1.82) is 0 Å². The Labute approximate surface area is 151 Å². The van der Waals surface area contributed by atoms with Crippen molar-refractivity contribution in [3.63, 3.8) is 0 Å². The van der Waals surface area contributed by atoms with Gasteiger partial charge in [-0.05, 0) is 37.1 Å². The van der Waals surface area contributed by atoms with Crippen molar-refractivity contribution in [1.82, 2.24) is 15.2 Å². The van der Waals surface area contributed by atoms with Crippen LogP contribution in [0.25, 0.3) is 22.2 Å². The lowest BCUT2D eigenvalue weighted by atomic mass is 9.92. The van der Waals surface area contributed by atoms with Crippen molar-refractivity contribution in [3.05, 3.63) is 42.6 Å². The van der Waals surface area contributed by atoms with Crippen LogP contribution in [0.1, 0.15) is 25.7 Å². The molecule has 0 spiro atoms. The third-order valence-corrected chi connectivity index (χ3v) is 5.15. The van der Waals surface area contributed by atoms with E-state index in [9.17, 15) is 9.50 Å². The molecule has 3 aromatic rings. The lowest BCUT2D eigenvalue weighted by Gasteiger charge is -2.34. The van der Waals surface area contributed by atoms with Crippen LogP contribution in [-0.2, 0) is 0 Å². The van der Waals surface area contributed by atoms with E-state index in [1.54, 1.807) is 12.3 Å².